The predicted molar refractivity (Wildman–Crippen MR) is 53.4 cm³/mol. The first-order valence-corrected chi connectivity index (χ1v) is 4.58. The topological polar surface area (TPSA) is 76.2 Å². The molecule has 0 radical (unpaired) electrons. The Morgan fingerprint density at radius 2 is 2.38 bits per heavy atom. The maximum Gasteiger partial charge on any atom is 0.272 e. The van der Waals surface area contributed by atoms with Crippen LogP contribution < -0.4 is 4.74 Å². The summed E-state index contributed by atoms with van der Waals surface area (Å²) < 4.78 is 18.3. The monoisotopic (exact) mass is 224 g/mol. The van der Waals surface area contributed by atoms with Crippen molar-refractivity contribution in [2.24, 2.45) is 0 Å². The first-order valence-electron chi connectivity index (χ1n) is 4.58. The van der Waals surface area contributed by atoms with Gasteiger partial charge in [0.05, 0.1) is 11.0 Å². The average Bonchev–Trinajstić information content (AvgIpc) is 2.27. The number of hydrogen-bond acceptors (Lipinski definition) is 4. The van der Waals surface area contributed by atoms with Crippen LogP contribution in [0.4, 0.5) is 10.1 Å². The fraction of sp³-hybridized carbons (Fsp3) is 0.300. The van der Waals surface area contributed by atoms with Crippen molar-refractivity contribution in [3.63, 3.8) is 0 Å². The molecule has 0 saturated heterocycles. The third kappa shape index (κ3) is 2.67. The van der Waals surface area contributed by atoms with E-state index < -0.39 is 16.8 Å². The summed E-state index contributed by atoms with van der Waals surface area (Å²) in [6.07, 6.45) is -0.344. The third-order valence-corrected chi connectivity index (χ3v) is 1.91. The Morgan fingerprint density at radius 3 is 2.81 bits per heavy atom. The maximum absolute atomic E-state index is 13.3. The largest absolute Gasteiger partial charge is 0.473 e. The van der Waals surface area contributed by atoms with E-state index >= 15 is 0 Å². The van der Waals surface area contributed by atoms with E-state index in [4.69, 9.17) is 10.00 Å². The first kappa shape index (κ1) is 11.9. The summed E-state index contributed by atoms with van der Waals surface area (Å²) in [5, 5.41) is 19.0. The molecule has 0 amide bonds. The second-order valence-electron chi connectivity index (χ2n) is 3.02. The summed E-state index contributed by atoms with van der Waals surface area (Å²) in [5.41, 5.74) is -0.352. The van der Waals surface area contributed by atoms with Crippen LogP contribution in [0.3, 0.4) is 0 Å². The van der Waals surface area contributed by atoms with Crippen LogP contribution in [0.1, 0.15) is 13.3 Å². The van der Waals surface area contributed by atoms with Crippen LogP contribution in [-0.2, 0) is 0 Å². The van der Waals surface area contributed by atoms with E-state index in [-0.39, 0.29) is 11.4 Å². The molecule has 0 aliphatic rings. The summed E-state index contributed by atoms with van der Waals surface area (Å²) in [7, 11) is 0. The van der Waals surface area contributed by atoms with Gasteiger partial charge in [0.1, 0.15) is 6.07 Å². The zero-order valence-electron chi connectivity index (χ0n) is 8.51. The Bertz CT molecular complexity index is 442. The third-order valence-electron chi connectivity index (χ3n) is 1.91. The van der Waals surface area contributed by atoms with E-state index in [2.05, 4.69) is 0 Å². The molecule has 0 spiro atoms. The Balaban J connectivity index is 2.92. The van der Waals surface area contributed by atoms with Crippen LogP contribution in [0.15, 0.2) is 18.2 Å². The standard InChI is InChI=1S/C10H9FN2O3/c1-2-8(6-12)16-10-4-3-7(13(14)15)5-9(10)11/h3-5,8H,2H2,1H3. The Hall–Kier alpha value is -2.16. The summed E-state index contributed by atoms with van der Waals surface area (Å²) in [4.78, 5) is 9.64. The van der Waals surface area contributed by atoms with Gasteiger partial charge in [-0.05, 0) is 12.5 Å². The van der Waals surface area contributed by atoms with E-state index in [1.54, 1.807) is 6.92 Å². The van der Waals surface area contributed by atoms with Crippen molar-refractivity contribution in [3.05, 3.63) is 34.1 Å². The molecule has 1 aromatic carbocycles. The Labute approximate surface area is 91.2 Å². The number of nitro groups is 1. The van der Waals surface area contributed by atoms with Crippen molar-refractivity contribution >= 4 is 5.69 Å². The highest BCUT2D eigenvalue weighted by atomic mass is 19.1. The highest BCUT2D eigenvalue weighted by Crippen LogP contribution is 2.23. The zero-order chi connectivity index (χ0) is 12.1. The van der Waals surface area contributed by atoms with Crippen molar-refractivity contribution in [2.75, 3.05) is 0 Å². The average molecular weight is 224 g/mol. The van der Waals surface area contributed by atoms with Gasteiger partial charge in [-0.1, -0.05) is 6.92 Å². The van der Waals surface area contributed by atoms with Gasteiger partial charge in [-0.2, -0.15) is 5.26 Å². The van der Waals surface area contributed by atoms with Gasteiger partial charge < -0.3 is 4.74 Å². The molecule has 0 heterocycles. The summed E-state index contributed by atoms with van der Waals surface area (Å²) in [5.74, 6) is -0.998. The lowest BCUT2D eigenvalue weighted by Gasteiger charge is -2.10. The zero-order valence-corrected chi connectivity index (χ0v) is 8.51. The number of nitro benzene ring substituents is 1. The molecule has 1 aromatic rings. The van der Waals surface area contributed by atoms with E-state index in [1.807, 2.05) is 6.07 Å². The molecule has 0 saturated carbocycles. The maximum atomic E-state index is 13.3. The molecule has 0 aromatic heterocycles. The molecule has 5 nitrogen and oxygen atoms in total. The smallest absolute Gasteiger partial charge is 0.272 e. The number of nitriles is 1. The van der Waals surface area contributed by atoms with Crippen LogP contribution in [0.25, 0.3) is 0 Å². The molecular formula is C10H9FN2O3. The highest BCUT2D eigenvalue weighted by molar-refractivity contribution is 5.37. The van der Waals surface area contributed by atoms with Crippen LogP contribution in [0.2, 0.25) is 0 Å². The van der Waals surface area contributed by atoms with Crippen LogP contribution in [0.5, 0.6) is 5.75 Å². The summed E-state index contributed by atoms with van der Waals surface area (Å²) in [6, 6.07) is 4.88. The Morgan fingerprint density at radius 1 is 1.69 bits per heavy atom. The van der Waals surface area contributed by atoms with E-state index in [9.17, 15) is 14.5 Å². The van der Waals surface area contributed by atoms with Crippen LogP contribution >= 0.6 is 0 Å². The molecule has 0 aliphatic heterocycles. The molecule has 0 aliphatic carbocycles. The number of non-ortho nitro benzene ring substituents is 1. The number of nitrogens with zero attached hydrogens (tertiary/aromatic N) is 2. The molecule has 16 heavy (non-hydrogen) atoms. The predicted octanol–water partition coefficient (Wildman–Crippen LogP) is 2.41. The second-order valence-corrected chi connectivity index (χ2v) is 3.02. The normalized spacial score (nSPS) is 11.6. The lowest BCUT2D eigenvalue weighted by atomic mass is 10.2. The number of ether oxygens (including phenoxy) is 1. The van der Waals surface area contributed by atoms with Gasteiger partial charge in [-0.3, -0.25) is 10.1 Å². The fourth-order valence-electron chi connectivity index (χ4n) is 1.05. The fourth-order valence-corrected chi connectivity index (χ4v) is 1.05. The van der Waals surface area contributed by atoms with Crippen molar-refractivity contribution in [3.8, 4) is 11.8 Å². The summed E-state index contributed by atoms with van der Waals surface area (Å²) in [6.45, 7) is 1.72. The molecule has 1 unspecified atom stereocenters. The van der Waals surface area contributed by atoms with E-state index in [0.29, 0.717) is 6.42 Å². The number of halogens is 1. The summed E-state index contributed by atoms with van der Waals surface area (Å²) >= 11 is 0. The molecule has 1 atom stereocenters. The lowest BCUT2D eigenvalue weighted by Crippen LogP contribution is -2.13. The molecular weight excluding hydrogens is 215 g/mol. The molecule has 84 valence electrons. The van der Waals surface area contributed by atoms with E-state index in [0.717, 1.165) is 18.2 Å². The van der Waals surface area contributed by atoms with E-state index in [1.165, 1.54) is 0 Å². The highest BCUT2D eigenvalue weighted by Gasteiger charge is 2.14. The number of rotatable bonds is 4. The second kappa shape index (κ2) is 5.07. The first-order chi connectivity index (χ1) is 7.58. The van der Waals surface area contributed by atoms with Gasteiger partial charge in [-0.15, -0.1) is 0 Å². The van der Waals surface area contributed by atoms with Gasteiger partial charge >= 0.3 is 0 Å². The number of benzene rings is 1. The van der Waals surface area contributed by atoms with Crippen LogP contribution in [0, 0.1) is 27.3 Å². The minimum Gasteiger partial charge on any atom is -0.473 e. The SMILES string of the molecule is CCC(C#N)Oc1ccc([N+](=O)[O-])cc1F. The minimum absolute atomic E-state index is 0.154. The van der Waals surface area contributed by atoms with Gasteiger partial charge in [0.2, 0.25) is 0 Å². The molecule has 0 N–H and O–H groups in total. The number of hydrogen-bond donors (Lipinski definition) is 0. The lowest BCUT2D eigenvalue weighted by molar-refractivity contribution is -0.385. The molecule has 0 bridgehead atoms. The van der Waals surface area contributed by atoms with Gasteiger partial charge in [0.25, 0.3) is 5.69 Å². The Kier molecular flexibility index (Phi) is 3.78. The van der Waals surface area contributed by atoms with Gasteiger partial charge in [-0.25, -0.2) is 4.39 Å². The minimum atomic E-state index is -0.845. The quantitative estimate of drug-likeness (QED) is 0.581. The van der Waals surface area contributed by atoms with Crippen molar-refractivity contribution in [1.82, 2.24) is 0 Å². The van der Waals surface area contributed by atoms with Crippen molar-refractivity contribution in [2.45, 2.75) is 19.4 Å². The molecule has 6 heteroatoms. The van der Waals surface area contributed by atoms with Crippen LogP contribution in [-0.4, -0.2) is 11.0 Å². The molecule has 0 fully saturated rings. The van der Waals surface area contributed by atoms with Crippen molar-refractivity contribution < 1.29 is 14.1 Å². The molecule has 1 rings (SSSR count). The van der Waals surface area contributed by atoms with Crippen molar-refractivity contribution in [1.29, 1.82) is 5.26 Å². The van der Waals surface area contributed by atoms with Gasteiger partial charge in [0, 0.05) is 6.07 Å². The van der Waals surface area contributed by atoms with Gasteiger partial charge in [0.15, 0.2) is 17.7 Å².